The van der Waals surface area contributed by atoms with Crippen molar-refractivity contribution in [3.8, 4) is 23.0 Å². The molecule has 0 aliphatic heterocycles. The van der Waals surface area contributed by atoms with Crippen molar-refractivity contribution >= 4 is 29.8 Å². The van der Waals surface area contributed by atoms with Crippen LogP contribution in [-0.4, -0.2) is 28.8 Å². The average Bonchev–Trinajstić information content (AvgIpc) is 3.05. The highest BCUT2D eigenvalue weighted by Gasteiger charge is 2.22. The maximum absolute atomic E-state index is 13.3. The molecule has 0 saturated heterocycles. The van der Waals surface area contributed by atoms with E-state index in [-0.39, 0.29) is 28.2 Å². The first-order valence-electron chi connectivity index (χ1n) is 13.4. The van der Waals surface area contributed by atoms with Crippen LogP contribution in [0.4, 0.5) is 0 Å². The highest BCUT2D eigenvalue weighted by atomic mass is 16.5. The molecular weight excluding hydrogens is 560 g/mol. The standard InChI is InChI=1S/C36H24O8/c37-30(21-18-24-16-19-28(20-17-24)42-34(39)25-10-4-1-5-11-25)33-31(38)22-29(43-35(40)26-12-6-2-7-13-26)23-32(33)44-36(41)27-14-8-3-9-15-27/h1-23,38H. The van der Waals surface area contributed by atoms with E-state index in [2.05, 4.69) is 0 Å². The third-order valence-corrected chi connectivity index (χ3v) is 6.26. The Bertz CT molecular complexity index is 1830. The smallest absolute Gasteiger partial charge is 0.343 e. The number of phenols is 1. The summed E-state index contributed by atoms with van der Waals surface area (Å²) in [5, 5.41) is 10.8. The molecule has 0 radical (unpaired) electrons. The van der Waals surface area contributed by atoms with E-state index in [4.69, 9.17) is 14.2 Å². The lowest BCUT2D eigenvalue weighted by molar-refractivity contribution is 0.0719. The average molecular weight is 585 g/mol. The highest BCUT2D eigenvalue weighted by Crippen LogP contribution is 2.35. The summed E-state index contributed by atoms with van der Waals surface area (Å²) in [6, 6.07) is 33.5. The zero-order chi connectivity index (χ0) is 30.9. The van der Waals surface area contributed by atoms with Crippen molar-refractivity contribution in [3.63, 3.8) is 0 Å². The van der Waals surface area contributed by atoms with Gasteiger partial charge in [0, 0.05) is 12.1 Å². The Labute approximate surface area is 252 Å². The van der Waals surface area contributed by atoms with Gasteiger partial charge >= 0.3 is 17.9 Å². The second-order valence-corrected chi connectivity index (χ2v) is 9.35. The zero-order valence-electron chi connectivity index (χ0n) is 23.1. The van der Waals surface area contributed by atoms with Crippen LogP contribution in [0.5, 0.6) is 23.0 Å². The fourth-order valence-electron chi connectivity index (χ4n) is 4.08. The van der Waals surface area contributed by atoms with E-state index in [1.165, 1.54) is 30.4 Å². The van der Waals surface area contributed by atoms with Crippen molar-refractivity contribution in [1.29, 1.82) is 0 Å². The van der Waals surface area contributed by atoms with Crippen LogP contribution in [0, 0.1) is 0 Å². The van der Waals surface area contributed by atoms with Gasteiger partial charge in [0.25, 0.3) is 0 Å². The van der Waals surface area contributed by atoms with Gasteiger partial charge in [-0.05, 0) is 60.2 Å². The summed E-state index contributed by atoms with van der Waals surface area (Å²) in [5.41, 5.74) is 1.16. The van der Waals surface area contributed by atoms with E-state index < -0.39 is 29.4 Å². The largest absolute Gasteiger partial charge is 0.507 e. The minimum absolute atomic E-state index is 0.131. The molecule has 0 atom stereocenters. The van der Waals surface area contributed by atoms with Gasteiger partial charge in [-0.1, -0.05) is 72.8 Å². The number of carbonyl (C=O) groups is 4. The van der Waals surface area contributed by atoms with Gasteiger partial charge in [0.05, 0.1) is 16.7 Å². The quantitative estimate of drug-likeness (QED) is 0.0857. The summed E-state index contributed by atoms with van der Waals surface area (Å²) in [4.78, 5) is 51.0. The highest BCUT2D eigenvalue weighted by molar-refractivity contribution is 6.11. The lowest BCUT2D eigenvalue weighted by atomic mass is 10.1. The minimum atomic E-state index is -0.782. The van der Waals surface area contributed by atoms with Gasteiger partial charge in [-0.2, -0.15) is 0 Å². The molecule has 8 heteroatoms. The number of rotatable bonds is 9. The molecule has 5 aromatic carbocycles. The third-order valence-electron chi connectivity index (χ3n) is 6.26. The molecule has 216 valence electrons. The molecule has 0 spiro atoms. The molecule has 0 fully saturated rings. The molecule has 0 heterocycles. The van der Waals surface area contributed by atoms with Crippen LogP contribution in [0.3, 0.4) is 0 Å². The molecule has 0 bridgehead atoms. The van der Waals surface area contributed by atoms with Gasteiger partial charge < -0.3 is 19.3 Å². The fourth-order valence-corrected chi connectivity index (χ4v) is 4.08. The number of carbonyl (C=O) groups excluding carboxylic acids is 4. The normalized spacial score (nSPS) is 10.6. The SMILES string of the molecule is O=C(Oc1ccc(C=CC(=O)c2c(O)cc(OC(=O)c3ccccc3)cc2OC(=O)c2ccccc2)cc1)c1ccccc1. The van der Waals surface area contributed by atoms with Gasteiger partial charge in [0.15, 0.2) is 5.78 Å². The monoisotopic (exact) mass is 584 g/mol. The molecule has 0 aromatic heterocycles. The first-order valence-corrected chi connectivity index (χ1v) is 13.4. The lowest BCUT2D eigenvalue weighted by Gasteiger charge is -2.13. The van der Waals surface area contributed by atoms with E-state index in [0.29, 0.717) is 16.9 Å². The van der Waals surface area contributed by atoms with Crippen molar-refractivity contribution in [2.45, 2.75) is 0 Å². The van der Waals surface area contributed by atoms with Crippen LogP contribution >= 0.6 is 0 Å². The number of allylic oxidation sites excluding steroid dienone is 1. The van der Waals surface area contributed by atoms with Crippen LogP contribution < -0.4 is 14.2 Å². The Hall–Kier alpha value is -6.28. The summed E-state index contributed by atoms with van der Waals surface area (Å²) in [6.07, 6.45) is 2.67. The Morgan fingerprint density at radius 1 is 0.523 bits per heavy atom. The first kappa shape index (κ1) is 29.2. The minimum Gasteiger partial charge on any atom is -0.507 e. The van der Waals surface area contributed by atoms with Gasteiger partial charge in [-0.25, -0.2) is 14.4 Å². The van der Waals surface area contributed by atoms with Gasteiger partial charge in [0.1, 0.15) is 28.6 Å². The van der Waals surface area contributed by atoms with Gasteiger partial charge in [0.2, 0.25) is 0 Å². The molecule has 0 aliphatic rings. The number of benzene rings is 5. The summed E-state index contributed by atoms with van der Waals surface area (Å²) >= 11 is 0. The first-order chi connectivity index (χ1) is 21.4. The number of hydrogen-bond acceptors (Lipinski definition) is 8. The van der Waals surface area contributed by atoms with Crippen LogP contribution in [0.25, 0.3) is 6.08 Å². The fraction of sp³-hybridized carbons (Fsp3) is 0. The van der Waals surface area contributed by atoms with Crippen molar-refractivity contribution in [2.75, 3.05) is 0 Å². The molecule has 0 amide bonds. The Morgan fingerprint density at radius 2 is 0.977 bits per heavy atom. The van der Waals surface area contributed by atoms with Crippen LogP contribution in [0.15, 0.2) is 133 Å². The second-order valence-electron chi connectivity index (χ2n) is 9.35. The van der Waals surface area contributed by atoms with E-state index in [1.54, 1.807) is 103 Å². The van der Waals surface area contributed by atoms with Crippen LogP contribution in [0.2, 0.25) is 0 Å². The predicted octanol–water partition coefficient (Wildman–Crippen LogP) is 6.95. The Balaban J connectivity index is 1.37. The summed E-state index contributed by atoms with van der Waals surface area (Å²) in [5.74, 6) is -3.35. The van der Waals surface area contributed by atoms with Crippen molar-refractivity contribution in [2.24, 2.45) is 0 Å². The van der Waals surface area contributed by atoms with Crippen molar-refractivity contribution in [1.82, 2.24) is 0 Å². The number of ether oxygens (including phenoxy) is 3. The molecule has 5 rings (SSSR count). The number of esters is 3. The third kappa shape index (κ3) is 7.32. The number of aromatic hydroxyl groups is 1. The summed E-state index contributed by atoms with van der Waals surface area (Å²) in [6.45, 7) is 0. The Morgan fingerprint density at radius 3 is 1.48 bits per heavy atom. The second kappa shape index (κ2) is 13.6. The number of phenolic OH excluding ortho intramolecular Hbond substituents is 1. The van der Waals surface area contributed by atoms with Crippen molar-refractivity contribution < 1.29 is 38.5 Å². The van der Waals surface area contributed by atoms with Gasteiger partial charge in [-0.15, -0.1) is 0 Å². The van der Waals surface area contributed by atoms with Crippen LogP contribution in [0.1, 0.15) is 47.0 Å². The molecule has 1 N–H and O–H groups in total. The molecular formula is C36H24O8. The molecule has 0 unspecified atom stereocenters. The summed E-state index contributed by atoms with van der Waals surface area (Å²) in [7, 11) is 0. The molecule has 44 heavy (non-hydrogen) atoms. The predicted molar refractivity (Wildman–Crippen MR) is 162 cm³/mol. The van der Waals surface area contributed by atoms with Crippen molar-refractivity contribution in [3.05, 3.63) is 161 Å². The zero-order valence-corrected chi connectivity index (χ0v) is 23.1. The van der Waals surface area contributed by atoms with E-state index in [9.17, 15) is 24.3 Å². The molecule has 8 nitrogen and oxygen atoms in total. The van der Waals surface area contributed by atoms with E-state index >= 15 is 0 Å². The lowest BCUT2D eigenvalue weighted by Crippen LogP contribution is -2.13. The topological polar surface area (TPSA) is 116 Å². The molecule has 0 aliphatic carbocycles. The van der Waals surface area contributed by atoms with Gasteiger partial charge in [-0.3, -0.25) is 4.79 Å². The van der Waals surface area contributed by atoms with E-state index in [1.807, 2.05) is 0 Å². The maximum atomic E-state index is 13.3. The maximum Gasteiger partial charge on any atom is 0.343 e. The Kier molecular flexibility index (Phi) is 9.02. The van der Waals surface area contributed by atoms with E-state index in [0.717, 1.165) is 6.07 Å². The molecule has 5 aromatic rings. The van der Waals surface area contributed by atoms with Crippen LogP contribution in [-0.2, 0) is 0 Å². The molecule has 0 saturated carbocycles. The number of hydrogen-bond donors (Lipinski definition) is 1. The number of ketones is 1. The summed E-state index contributed by atoms with van der Waals surface area (Å²) < 4.78 is 16.3.